The Balaban J connectivity index is 0.000000165. The molecule has 0 aliphatic heterocycles. The predicted molar refractivity (Wildman–Crippen MR) is 75.3 cm³/mol. The van der Waals surface area contributed by atoms with Crippen LogP contribution < -0.4 is 5.32 Å². The Morgan fingerprint density at radius 1 is 0.875 bits per heavy atom. The number of carbonyl (C=O) groups is 1. The lowest BCUT2D eigenvalue weighted by Gasteiger charge is -1.93. The molecule has 82 valence electrons. The quantitative estimate of drug-likeness (QED) is 0.664. The zero-order valence-corrected chi connectivity index (χ0v) is 10.8. The molecule has 1 amide bonds. The SMILES string of the molecule is Ic1ccccc1.O=CNc1ccccc1. The lowest BCUT2D eigenvalue weighted by atomic mass is 10.3. The van der Waals surface area contributed by atoms with Crippen molar-refractivity contribution in [2.45, 2.75) is 0 Å². The third kappa shape index (κ3) is 5.50. The summed E-state index contributed by atoms with van der Waals surface area (Å²) in [7, 11) is 0. The largest absolute Gasteiger partial charge is 0.329 e. The van der Waals surface area contributed by atoms with E-state index in [4.69, 9.17) is 0 Å². The number of halogens is 1. The first-order chi connectivity index (χ1) is 7.83. The number of hydrogen-bond acceptors (Lipinski definition) is 1. The number of hydrogen-bond donors (Lipinski definition) is 1. The first-order valence-corrected chi connectivity index (χ1v) is 5.86. The summed E-state index contributed by atoms with van der Waals surface area (Å²) < 4.78 is 1.29. The Kier molecular flexibility index (Phi) is 6.25. The van der Waals surface area contributed by atoms with Crippen molar-refractivity contribution in [3.05, 3.63) is 64.2 Å². The average Bonchev–Trinajstić information content (AvgIpc) is 2.33. The van der Waals surface area contributed by atoms with E-state index in [1.54, 1.807) is 0 Å². The summed E-state index contributed by atoms with van der Waals surface area (Å²) in [6.45, 7) is 0. The van der Waals surface area contributed by atoms with Crippen molar-refractivity contribution >= 4 is 34.7 Å². The van der Waals surface area contributed by atoms with E-state index in [1.165, 1.54) is 3.57 Å². The van der Waals surface area contributed by atoms with Gasteiger partial charge in [-0.2, -0.15) is 0 Å². The molecule has 0 atom stereocenters. The van der Waals surface area contributed by atoms with Gasteiger partial charge in [0.2, 0.25) is 6.41 Å². The molecule has 0 saturated heterocycles. The zero-order chi connectivity index (χ0) is 11.6. The van der Waals surface area contributed by atoms with Crippen LogP contribution in [0, 0.1) is 3.57 Å². The van der Waals surface area contributed by atoms with Crippen molar-refractivity contribution in [3.63, 3.8) is 0 Å². The van der Waals surface area contributed by atoms with Crippen LogP contribution in [0.1, 0.15) is 0 Å². The molecule has 0 bridgehead atoms. The molecule has 2 rings (SSSR count). The maximum atomic E-state index is 9.86. The fourth-order valence-electron chi connectivity index (χ4n) is 1.02. The number of rotatable bonds is 2. The number of anilines is 1. The summed E-state index contributed by atoms with van der Waals surface area (Å²) in [6.07, 6.45) is 0.662. The summed E-state index contributed by atoms with van der Waals surface area (Å²) in [4.78, 5) is 9.86. The van der Waals surface area contributed by atoms with Crippen molar-refractivity contribution in [1.82, 2.24) is 0 Å². The first kappa shape index (κ1) is 12.7. The normalized spacial score (nSPS) is 8.56. The van der Waals surface area contributed by atoms with Crippen molar-refractivity contribution in [1.29, 1.82) is 0 Å². The van der Waals surface area contributed by atoms with Crippen LogP contribution in [-0.4, -0.2) is 6.41 Å². The number of nitrogens with one attached hydrogen (secondary N) is 1. The Hall–Kier alpha value is -1.36. The van der Waals surface area contributed by atoms with Gasteiger partial charge in [-0.15, -0.1) is 0 Å². The van der Waals surface area contributed by atoms with Gasteiger partial charge in [0.05, 0.1) is 0 Å². The van der Waals surface area contributed by atoms with Crippen molar-refractivity contribution in [2.24, 2.45) is 0 Å². The van der Waals surface area contributed by atoms with Crippen LogP contribution in [0.3, 0.4) is 0 Å². The van der Waals surface area contributed by atoms with E-state index in [-0.39, 0.29) is 0 Å². The summed E-state index contributed by atoms with van der Waals surface area (Å²) in [5.74, 6) is 0. The second-order valence-electron chi connectivity index (χ2n) is 2.92. The molecule has 2 aromatic carbocycles. The van der Waals surface area contributed by atoms with Crippen molar-refractivity contribution in [3.8, 4) is 0 Å². The molecule has 2 aromatic rings. The Morgan fingerprint density at radius 3 is 1.75 bits per heavy atom. The standard InChI is InChI=1S/C7H7NO.C6H5I/c9-6-8-7-4-2-1-3-5-7;7-6-4-2-1-3-5-6/h1-6H,(H,8,9);1-5H. The highest BCUT2D eigenvalue weighted by molar-refractivity contribution is 14.1. The maximum Gasteiger partial charge on any atom is 0.211 e. The van der Waals surface area contributed by atoms with E-state index < -0.39 is 0 Å². The Morgan fingerprint density at radius 2 is 1.38 bits per heavy atom. The van der Waals surface area contributed by atoms with E-state index in [2.05, 4.69) is 40.0 Å². The molecule has 0 fully saturated rings. The molecule has 0 heterocycles. The Bertz CT molecular complexity index is 403. The van der Waals surface area contributed by atoms with Gasteiger partial charge in [-0.05, 0) is 46.9 Å². The van der Waals surface area contributed by atoms with Crippen molar-refractivity contribution in [2.75, 3.05) is 5.32 Å². The van der Waals surface area contributed by atoms with Gasteiger partial charge in [0.15, 0.2) is 0 Å². The van der Waals surface area contributed by atoms with Crippen LogP contribution in [0.5, 0.6) is 0 Å². The highest BCUT2D eigenvalue weighted by Crippen LogP contribution is 2.02. The fraction of sp³-hybridized carbons (Fsp3) is 0. The average molecular weight is 325 g/mol. The predicted octanol–water partition coefficient (Wildman–Crippen LogP) is 3.55. The minimum Gasteiger partial charge on any atom is -0.329 e. The minimum absolute atomic E-state index is 0.662. The van der Waals surface area contributed by atoms with Crippen LogP contribution in [0.25, 0.3) is 0 Å². The van der Waals surface area contributed by atoms with Gasteiger partial charge in [0.25, 0.3) is 0 Å². The lowest BCUT2D eigenvalue weighted by molar-refractivity contribution is -0.105. The van der Waals surface area contributed by atoms with Crippen LogP contribution in [0.4, 0.5) is 5.69 Å². The van der Waals surface area contributed by atoms with Gasteiger partial charge in [-0.25, -0.2) is 0 Å². The third-order valence-corrected chi connectivity index (χ3v) is 2.45. The molecule has 2 nitrogen and oxygen atoms in total. The molecule has 0 unspecified atom stereocenters. The van der Waals surface area contributed by atoms with Crippen LogP contribution in [0.2, 0.25) is 0 Å². The van der Waals surface area contributed by atoms with E-state index in [1.807, 2.05) is 48.5 Å². The monoisotopic (exact) mass is 325 g/mol. The van der Waals surface area contributed by atoms with Crippen LogP contribution in [0.15, 0.2) is 60.7 Å². The summed E-state index contributed by atoms with van der Waals surface area (Å²) in [5.41, 5.74) is 0.826. The minimum atomic E-state index is 0.662. The lowest BCUT2D eigenvalue weighted by Crippen LogP contribution is -1.91. The number of benzene rings is 2. The Labute approximate surface area is 109 Å². The van der Waals surface area contributed by atoms with E-state index in [9.17, 15) is 4.79 Å². The smallest absolute Gasteiger partial charge is 0.211 e. The van der Waals surface area contributed by atoms with Gasteiger partial charge in [0, 0.05) is 9.26 Å². The molecule has 0 radical (unpaired) electrons. The first-order valence-electron chi connectivity index (χ1n) is 4.78. The van der Waals surface area contributed by atoms with Gasteiger partial charge >= 0.3 is 0 Å². The molecule has 0 aromatic heterocycles. The fourth-order valence-corrected chi connectivity index (χ4v) is 1.43. The molecule has 1 N–H and O–H groups in total. The number of carbonyl (C=O) groups excluding carboxylic acids is 1. The zero-order valence-electron chi connectivity index (χ0n) is 8.64. The molecule has 0 saturated carbocycles. The van der Waals surface area contributed by atoms with E-state index in [0.717, 1.165) is 5.69 Å². The topological polar surface area (TPSA) is 29.1 Å². The molecule has 0 aliphatic carbocycles. The molecule has 3 heteroatoms. The van der Waals surface area contributed by atoms with Crippen molar-refractivity contribution < 1.29 is 4.79 Å². The second kappa shape index (κ2) is 7.87. The van der Waals surface area contributed by atoms with Crippen LogP contribution >= 0.6 is 22.6 Å². The summed E-state index contributed by atoms with van der Waals surface area (Å²) in [5, 5.41) is 2.53. The third-order valence-electron chi connectivity index (χ3n) is 1.73. The molecule has 0 spiro atoms. The number of amides is 1. The molecule has 16 heavy (non-hydrogen) atoms. The second-order valence-corrected chi connectivity index (χ2v) is 4.17. The molecular formula is C13H12INO. The summed E-state index contributed by atoms with van der Waals surface area (Å²) in [6, 6.07) is 19.5. The molecule has 0 aliphatic rings. The highest BCUT2D eigenvalue weighted by atomic mass is 127. The maximum absolute atomic E-state index is 9.86. The van der Waals surface area contributed by atoms with Crippen LogP contribution in [-0.2, 0) is 4.79 Å². The van der Waals surface area contributed by atoms with E-state index in [0.29, 0.717) is 6.41 Å². The highest BCUT2D eigenvalue weighted by Gasteiger charge is 1.81. The van der Waals surface area contributed by atoms with Gasteiger partial charge < -0.3 is 5.32 Å². The van der Waals surface area contributed by atoms with Gasteiger partial charge in [-0.1, -0.05) is 36.4 Å². The van der Waals surface area contributed by atoms with Gasteiger partial charge in [0.1, 0.15) is 0 Å². The molecular weight excluding hydrogens is 313 g/mol. The number of para-hydroxylation sites is 1. The van der Waals surface area contributed by atoms with Gasteiger partial charge in [-0.3, -0.25) is 4.79 Å². The van der Waals surface area contributed by atoms with E-state index >= 15 is 0 Å². The summed E-state index contributed by atoms with van der Waals surface area (Å²) >= 11 is 2.28.